The van der Waals surface area contributed by atoms with E-state index in [0.29, 0.717) is 12.8 Å². The zero-order valence-electron chi connectivity index (χ0n) is 16.9. The van der Waals surface area contributed by atoms with E-state index in [1.807, 2.05) is 65.0 Å². The molecule has 1 heterocycles. The van der Waals surface area contributed by atoms with Crippen molar-refractivity contribution in [1.29, 1.82) is 0 Å². The largest absolute Gasteiger partial charge is 0.458 e. The summed E-state index contributed by atoms with van der Waals surface area (Å²) in [5.41, 5.74) is 0.439. The quantitative estimate of drug-likeness (QED) is 0.728. The molecule has 2 atom stereocenters. The minimum absolute atomic E-state index is 0.0272. The van der Waals surface area contributed by atoms with Gasteiger partial charge in [-0.3, -0.25) is 0 Å². The second kappa shape index (κ2) is 9.22. The van der Waals surface area contributed by atoms with Crippen LogP contribution in [0.3, 0.4) is 0 Å². The third kappa shape index (κ3) is 6.86. The first kappa shape index (κ1) is 21.2. The molecule has 1 aromatic carbocycles. The summed E-state index contributed by atoms with van der Waals surface area (Å²) >= 11 is 0. The Hall–Kier alpha value is -2.08. The van der Waals surface area contributed by atoms with Crippen LogP contribution in [0.2, 0.25) is 0 Å². The Morgan fingerprint density at radius 3 is 2.22 bits per heavy atom. The highest BCUT2D eigenvalue weighted by molar-refractivity contribution is 5.71. The predicted molar refractivity (Wildman–Crippen MR) is 102 cm³/mol. The van der Waals surface area contributed by atoms with Crippen molar-refractivity contribution in [2.45, 2.75) is 77.9 Å². The number of hydrogen-bond acceptors (Lipinski definition) is 5. The normalized spacial score (nSPS) is 23.0. The summed E-state index contributed by atoms with van der Waals surface area (Å²) in [6.45, 7) is 9.62. The van der Waals surface area contributed by atoms with Gasteiger partial charge in [0.2, 0.25) is 0 Å². The Kier molecular flexibility index (Phi) is 7.25. The molecular weight excluding hydrogens is 346 g/mol. The lowest BCUT2D eigenvalue weighted by atomic mass is 9.95. The molecule has 1 saturated heterocycles. The highest BCUT2D eigenvalue weighted by Crippen LogP contribution is 2.26. The van der Waals surface area contributed by atoms with Gasteiger partial charge >= 0.3 is 12.1 Å². The second-order valence-corrected chi connectivity index (χ2v) is 8.14. The van der Waals surface area contributed by atoms with Crippen molar-refractivity contribution in [3.05, 3.63) is 35.9 Å². The molecule has 27 heavy (non-hydrogen) atoms. The van der Waals surface area contributed by atoms with Crippen molar-refractivity contribution in [2.24, 2.45) is 0 Å². The van der Waals surface area contributed by atoms with Crippen molar-refractivity contribution in [1.82, 2.24) is 4.90 Å². The summed E-state index contributed by atoms with van der Waals surface area (Å²) < 4.78 is 16.5. The molecule has 6 heteroatoms. The monoisotopic (exact) mass is 377 g/mol. The van der Waals surface area contributed by atoms with Crippen LogP contribution in [0.5, 0.6) is 0 Å². The zero-order valence-corrected chi connectivity index (χ0v) is 16.9. The number of esters is 1. The molecule has 2 rings (SSSR count). The van der Waals surface area contributed by atoms with Crippen LogP contribution in [0, 0.1) is 0 Å². The molecule has 1 amide bonds. The molecular formula is C21H31NO5. The Balaban J connectivity index is 1.81. The van der Waals surface area contributed by atoms with Gasteiger partial charge in [-0.1, -0.05) is 30.3 Å². The van der Waals surface area contributed by atoms with Gasteiger partial charge < -0.3 is 19.1 Å². The van der Waals surface area contributed by atoms with Crippen LogP contribution in [-0.4, -0.2) is 47.4 Å². The number of ether oxygens (including phenoxy) is 3. The summed E-state index contributed by atoms with van der Waals surface area (Å²) in [6.07, 6.45) is 0.923. The molecule has 1 aliphatic heterocycles. The Bertz CT molecular complexity index is 613. The molecule has 0 bridgehead atoms. The second-order valence-electron chi connectivity index (χ2n) is 8.14. The highest BCUT2D eigenvalue weighted by atomic mass is 16.6. The van der Waals surface area contributed by atoms with Gasteiger partial charge in [0, 0.05) is 12.1 Å². The highest BCUT2D eigenvalue weighted by Gasteiger charge is 2.35. The van der Waals surface area contributed by atoms with E-state index < -0.39 is 5.60 Å². The maximum Gasteiger partial charge on any atom is 0.410 e. The van der Waals surface area contributed by atoms with E-state index >= 15 is 0 Å². The van der Waals surface area contributed by atoms with Gasteiger partial charge in [-0.2, -0.15) is 0 Å². The van der Waals surface area contributed by atoms with Gasteiger partial charge in [-0.05, 0) is 53.0 Å². The van der Waals surface area contributed by atoms with E-state index in [1.165, 1.54) is 0 Å². The Morgan fingerprint density at radius 1 is 1.07 bits per heavy atom. The smallest absolute Gasteiger partial charge is 0.410 e. The first-order valence-electron chi connectivity index (χ1n) is 9.48. The standard InChI is InChI=1S/C21H31NO5/c1-15-11-18(25-14-19(23)27-21(3,4)5)12-16(2)22(15)20(24)26-13-17-9-7-6-8-10-17/h6-10,15-16,18H,11-14H2,1-5H3. The maximum atomic E-state index is 12.5. The molecule has 1 aromatic rings. The van der Waals surface area contributed by atoms with E-state index in [1.54, 1.807) is 4.90 Å². The molecule has 1 fully saturated rings. The fraction of sp³-hybridized carbons (Fsp3) is 0.619. The summed E-state index contributed by atoms with van der Waals surface area (Å²) in [4.78, 5) is 26.1. The van der Waals surface area contributed by atoms with Gasteiger partial charge in [0.05, 0.1) is 6.10 Å². The molecule has 0 spiro atoms. The van der Waals surface area contributed by atoms with Crippen molar-refractivity contribution in [2.75, 3.05) is 6.61 Å². The molecule has 150 valence electrons. The number of carbonyl (C=O) groups is 2. The summed E-state index contributed by atoms with van der Waals surface area (Å²) in [6, 6.07) is 9.57. The first-order chi connectivity index (χ1) is 12.7. The van der Waals surface area contributed by atoms with Crippen LogP contribution in [0.25, 0.3) is 0 Å². The van der Waals surface area contributed by atoms with E-state index in [0.717, 1.165) is 5.56 Å². The van der Waals surface area contributed by atoms with Gasteiger partial charge in [0.1, 0.15) is 18.8 Å². The van der Waals surface area contributed by atoms with Crippen molar-refractivity contribution < 1.29 is 23.8 Å². The van der Waals surface area contributed by atoms with Crippen molar-refractivity contribution in [3.8, 4) is 0 Å². The Labute approximate surface area is 161 Å². The minimum Gasteiger partial charge on any atom is -0.458 e. The molecule has 0 radical (unpaired) electrons. The van der Waals surface area contributed by atoms with E-state index in [2.05, 4.69) is 0 Å². The average Bonchev–Trinajstić information content (AvgIpc) is 2.57. The van der Waals surface area contributed by atoms with E-state index in [4.69, 9.17) is 14.2 Å². The lowest BCUT2D eigenvalue weighted by molar-refractivity contribution is -0.164. The summed E-state index contributed by atoms with van der Waals surface area (Å²) in [5, 5.41) is 0. The fourth-order valence-electron chi connectivity index (χ4n) is 3.37. The number of amides is 1. The third-order valence-corrected chi connectivity index (χ3v) is 4.43. The maximum absolute atomic E-state index is 12.5. The van der Waals surface area contributed by atoms with Crippen molar-refractivity contribution in [3.63, 3.8) is 0 Å². The van der Waals surface area contributed by atoms with Gasteiger partial charge in [-0.25, -0.2) is 9.59 Å². The topological polar surface area (TPSA) is 65.1 Å². The van der Waals surface area contributed by atoms with Crippen LogP contribution in [0.15, 0.2) is 30.3 Å². The predicted octanol–water partition coefficient (Wildman–Crippen LogP) is 3.92. The fourth-order valence-corrected chi connectivity index (χ4v) is 3.37. The number of benzene rings is 1. The van der Waals surface area contributed by atoms with Crippen LogP contribution in [-0.2, 0) is 25.6 Å². The summed E-state index contributed by atoms with van der Waals surface area (Å²) in [7, 11) is 0. The number of rotatable bonds is 5. The summed E-state index contributed by atoms with van der Waals surface area (Å²) in [5.74, 6) is -0.368. The average molecular weight is 377 g/mol. The number of carbonyl (C=O) groups excluding carboxylic acids is 2. The number of nitrogens with zero attached hydrogens (tertiary/aromatic N) is 1. The third-order valence-electron chi connectivity index (χ3n) is 4.43. The number of hydrogen-bond donors (Lipinski definition) is 0. The zero-order chi connectivity index (χ0) is 20.0. The first-order valence-corrected chi connectivity index (χ1v) is 9.48. The molecule has 0 N–H and O–H groups in total. The van der Waals surface area contributed by atoms with Gasteiger partial charge in [0.15, 0.2) is 0 Å². The van der Waals surface area contributed by atoms with E-state index in [-0.39, 0.29) is 43.5 Å². The van der Waals surface area contributed by atoms with Crippen LogP contribution in [0.4, 0.5) is 4.79 Å². The molecule has 6 nitrogen and oxygen atoms in total. The SMILES string of the molecule is CC1CC(OCC(=O)OC(C)(C)C)CC(C)N1C(=O)OCc1ccccc1. The number of piperidine rings is 1. The molecule has 0 saturated carbocycles. The van der Waals surface area contributed by atoms with Crippen LogP contribution in [0.1, 0.15) is 53.0 Å². The lowest BCUT2D eigenvalue weighted by Crippen LogP contribution is -2.52. The van der Waals surface area contributed by atoms with Gasteiger partial charge in [-0.15, -0.1) is 0 Å². The minimum atomic E-state index is -0.521. The van der Waals surface area contributed by atoms with Crippen molar-refractivity contribution >= 4 is 12.1 Å². The Morgan fingerprint density at radius 2 is 1.67 bits per heavy atom. The molecule has 0 aliphatic carbocycles. The lowest BCUT2D eigenvalue weighted by Gasteiger charge is -2.41. The van der Waals surface area contributed by atoms with E-state index in [9.17, 15) is 9.59 Å². The van der Waals surface area contributed by atoms with Crippen LogP contribution < -0.4 is 0 Å². The molecule has 0 aromatic heterocycles. The van der Waals surface area contributed by atoms with Gasteiger partial charge in [0.25, 0.3) is 0 Å². The molecule has 1 aliphatic rings. The van der Waals surface area contributed by atoms with Crippen LogP contribution >= 0.6 is 0 Å². The number of likely N-dealkylation sites (tertiary alicyclic amines) is 1. The molecule has 2 unspecified atom stereocenters.